The standard InChI is InChI=1S/C34H33F3N6O2/c1-41-30-24(12-20(14-27(30)45-2)34(44)43-16-19-9-11-25(43)29(19)38)40-33(41)26-13-18-8-10-23(39-32(18)42(26)15-17-6-7-17)21-4-3-5-22(28(21)35)31(36)37/h3-5,8,10,12-14,17,19,25,29,31H,6-7,9,11,15-16,38H2,1-2H3/t19?,25?,29-/m1/s1. The highest BCUT2D eigenvalue weighted by Crippen LogP contribution is 2.40. The zero-order valence-corrected chi connectivity index (χ0v) is 25.0. The van der Waals surface area contributed by atoms with E-state index in [0.29, 0.717) is 53.2 Å². The van der Waals surface area contributed by atoms with Crippen LogP contribution in [0.25, 0.3) is 44.8 Å². The van der Waals surface area contributed by atoms with Crippen molar-refractivity contribution < 1.29 is 22.7 Å². The average Bonchev–Trinajstić information content (AvgIpc) is 3.44. The summed E-state index contributed by atoms with van der Waals surface area (Å²) in [6, 6.07) is 13.2. The van der Waals surface area contributed by atoms with Gasteiger partial charge in [-0.2, -0.15) is 0 Å². The molecule has 3 atom stereocenters. The van der Waals surface area contributed by atoms with Crippen LogP contribution in [0.3, 0.4) is 0 Å². The molecule has 5 aromatic rings. The Balaban J connectivity index is 1.24. The highest BCUT2D eigenvalue weighted by molar-refractivity contribution is 6.00. The molecule has 45 heavy (non-hydrogen) atoms. The van der Waals surface area contributed by atoms with E-state index in [-0.39, 0.29) is 29.2 Å². The van der Waals surface area contributed by atoms with Crippen LogP contribution in [0.1, 0.15) is 48.0 Å². The number of carbonyl (C=O) groups excluding carboxylic acids is 1. The zero-order valence-electron chi connectivity index (χ0n) is 25.0. The van der Waals surface area contributed by atoms with E-state index in [0.717, 1.165) is 48.3 Å². The van der Waals surface area contributed by atoms with Gasteiger partial charge >= 0.3 is 0 Å². The number of halogens is 3. The van der Waals surface area contributed by atoms with Crippen LogP contribution >= 0.6 is 0 Å². The van der Waals surface area contributed by atoms with E-state index in [4.69, 9.17) is 20.4 Å². The molecule has 1 aliphatic heterocycles. The summed E-state index contributed by atoms with van der Waals surface area (Å²) in [5.74, 6) is 1.01. The maximum atomic E-state index is 15.1. The number of benzene rings is 2. The lowest BCUT2D eigenvalue weighted by Crippen LogP contribution is -2.41. The predicted octanol–water partition coefficient (Wildman–Crippen LogP) is 6.31. The molecule has 2 aliphatic carbocycles. The number of carbonyl (C=O) groups is 1. The van der Waals surface area contributed by atoms with Crippen molar-refractivity contribution in [2.24, 2.45) is 24.6 Å². The molecule has 8 nitrogen and oxygen atoms in total. The molecule has 2 bridgehead atoms. The van der Waals surface area contributed by atoms with E-state index < -0.39 is 17.8 Å². The first-order valence-electron chi connectivity index (χ1n) is 15.4. The molecule has 0 radical (unpaired) electrons. The predicted molar refractivity (Wildman–Crippen MR) is 165 cm³/mol. The highest BCUT2D eigenvalue weighted by atomic mass is 19.3. The fraction of sp³-hybridized carbons (Fsp3) is 0.382. The summed E-state index contributed by atoms with van der Waals surface area (Å²) in [4.78, 5) is 25.4. The summed E-state index contributed by atoms with van der Waals surface area (Å²) in [5.41, 5.74) is 9.42. The van der Waals surface area contributed by atoms with Crippen LogP contribution in [0.2, 0.25) is 0 Å². The highest BCUT2D eigenvalue weighted by Gasteiger charge is 2.47. The molecule has 3 aromatic heterocycles. The quantitative estimate of drug-likeness (QED) is 0.232. The van der Waals surface area contributed by atoms with Gasteiger partial charge in [-0.25, -0.2) is 23.1 Å². The molecule has 232 valence electrons. The fourth-order valence-corrected chi connectivity index (χ4v) is 7.39. The Morgan fingerprint density at radius 3 is 2.60 bits per heavy atom. The number of methoxy groups -OCH3 is 1. The lowest BCUT2D eigenvalue weighted by Gasteiger charge is -2.27. The fourth-order valence-electron chi connectivity index (χ4n) is 7.39. The molecule has 3 fully saturated rings. The summed E-state index contributed by atoms with van der Waals surface area (Å²) in [6.07, 6.45) is 1.24. The number of rotatable bonds is 7. The van der Waals surface area contributed by atoms with Crippen LogP contribution in [0.15, 0.2) is 48.5 Å². The van der Waals surface area contributed by atoms with Crippen molar-refractivity contribution in [2.45, 2.75) is 50.7 Å². The number of imidazole rings is 1. The van der Waals surface area contributed by atoms with Crippen molar-refractivity contribution in [2.75, 3.05) is 13.7 Å². The minimum atomic E-state index is -2.92. The second-order valence-corrected chi connectivity index (χ2v) is 12.7. The van der Waals surface area contributed by atoms with Crippen LogP contribution in [0.5, 0.6) is 5.75 Å². The van der Waals surface area contributed by atoms with Crippen molar-refractivity contribution >= 4 is 28.0 Å². The number of amides is 1. The number of pyridine rings is 1. The largest absolute Gasteiger partial charge is 0.494 e. The third kappa shape index (κ3) is 4.42. The van der Waals surface area contributed by atoms with Gasteiger partial charge in [0.05, 0.1) is 29.6 Å². The number of aromatic nitrogens is 4. The van der Waals surface area contributed by atoms with Crippen molar-refractivity contribution in [3.8, 4) is 28.5 Å². The number of aryl methyl sites for hydroxylation is 1. The average molecular weight is 615 g/mol. The Hall–Kier alpha value is -4.38. The zero-order chi connectivity index (χ0) is 31.1. The van der Waals surface area contributed by atoms with Crippen LogP contribution in [0.4, 0.5) is 13.2 Å². The normalized spacial score (nSPS) is 21.1. The van der Waals surface area contributed by atoms with Crippen LogP contribution in [0, 0.1) is 17.7 Å². The number of ether oxygens (including phenoxy) is 1. The van der Waals surface area contributed by atoms with Gasteiger partial charge in [-0.1, -0.05) is 12.1 Å². The third-order valence-electron chi connectivity index (χ3n) is 9.97. The first-order valence-corrected chi connectivity index (χ1v) is 15.4. The van der Waals surface area contributed by atoms with Crippen molar-refractivity contribution in [3.05, 3.63) is 65.5 Å². The summed E-state index contributed by atoms with van der Waals surface area (Å²) in [7, 11) is 3.50. The van der Waals surface area contributed by atoms with E-state index in [1.54, 1.807) is 19.2 Å². The lowest BCUT2D eigenvalue weighted by molar-refractivity contribution is 0.0700. The number of hydrogen-bond acceptors (Lipinski definition) is 5. The Bertz CT molecular complexity index is 2000. The molecule has 1 amide bonds. The second kappa shape index (κ2) is 10.3. The van der Waals surface area contributed by atoms with Crippen molar-refractivity contribution in [1.29, 1.82) is 0 Å². The molecule has 2 saturated carbocycles. The van der Waals surface area contributed by atoms with E-state index in [9.17, 15) is 13.6 Å². The molecule has 2 unspecified atom stereocenters. The summed E-state index contributed by atoms with van der Waals surface area (Å²) in [5, 5.41) is 0.829. The molecular weight excluding hydrogens is 581 g/mol. The molecule has 4 heterocycles. The Kier molecular flexibility index (Phi) is 6.46. The molecule has 3 aliphatic rings. The summed E-state index contributed by atoms with van der Waals surface area (Å²) in [6.45, 7) is 1.36. The van der Waals surface area contributed by atoms with Crippen molar-refractivity contribution in [3.63, 3.8) is 0 Å². The van der Waals surface area contributed by atoms with Gasteiger partial charge in [0, 0.05) is 48.7 Å². The smallest absolute Gasteiger partial charge is 0.266 e. The molecule has 8 rings (SSSR count). The minimum Gasteiger partial charge on any atom is -0.494 e. The second-order valence-electron chi connectivity index (χ2n) is 12.7. The maximum absolute atomic E-state index is 15.1. The monoisotopic (exact) mass is 614 g/mol. The van der Waals surface area contributed by atoms with Gasteiger partial charge in [-0.3, -0.25) is 4.79 Å². The van der Waals surface area contributed by atoms with E-state index in [2.05, 4.69) is 4.57 Å². The van der Waals surface area contributed by atoms with Gasteiger partial charge in [0.15, 0.2) is 5.82 Å². The Morgan fingerprint density at radius 1 is 1.09 bits per heavy atom. The Morgan fingerprint density at radius 2 is 1.91 bits per heavy atom. The molecule has 2 N–H and O–H groups in total. The topological polar surface area (TPSA) is 91.2 Å². The van der Waals surface area contributed by atoms with Crippen LogP contribution in [-0.2, 0) is 13.6 Å². The van der Waals surface area contributed by atoms with E-state index >= 15 is 4.39 Å². The maximum Gasteiger partial charge on any atom is 0.266 e. The summed E-state index contributed by atoms with van der Waals surface area (Å²) < 4.78 is 51.9. The number of fused-ring (bicyclic) bond motifs is 4. The van der Waals surface area contributed by atoms with Gasteiger partial charge in [0.1, 0.15) is 22.7 Å². The summed E-state index contributed by atoms with van der Waals surface area (Å²) >= 11 is 0. The van der Waals surface area contributed by atoms with Gasteiger partial charge in [-0.05, 0) is 73.9 Å². The third-order valence-corrected chi connectivity index (χ3v) is 9.97. The van der Waals surface area contributed by atoms with Crippen molar-refractivity contribution in [1.82, 2.24) is 24.0 Å². The lowest BCUT2D eigenvalue weighted by atomic mass is 10.1. The van der Waals surface area contributed by atoms with Gasteiger partial charge in [0.2, 0.25) is 0 Å². The number of likely N-dealkylation sites (tertiary alicyclic amines) is 1. The molecular formula is C34H33F3N6O2. The van der Waals surface area contributed by atoms with Crippen LogP contribution < -0.4 is 10.5 Å². The number of alkyl halides is 2. The minimum absolute atomic E-state index is 0.0216. The number of nitrogens with two attached hydrogens (primary N) is 1. The first kappa shape index (κ1) is 28.1. The van der Waals surface area contributed by atoms with Gasteiger partial charge in [0.25, 0.3) is 12.3 Å². The van der Waals surface area contributed by atoms with E-state index in [1.165, 1.54) is 12.1 Å². The van der Waals surface area contributed by atoms with Gasteiger partial charge in [-0.15, -0.1) is 0 Å². The number of hydrogen-bond donors (Lipinski definition) is 1. The van der Waals surface area contributed by atoms with E-state index in [1.807, 2.05) is 34.7 Å². The van der Waals surface area contributed by atoms with Gasteiger partial charge < -0.3 is 24.5 Å². The van der Waals surface area contributed by atoms with Crippen LogP contribution in [-0.4, -0.2) is 55.6 Å². The molecule has 0 spiro atoms. The molecule has 11 heteroatoms. The Labute approximate surface area is 257 Å². The number of nitrogens with zero attached hydrogens (tertiary/aromatic N) is 5. The SMILES string of the molecule is COc1cc(C(=O)N2CC3CCC2[C@@H]3N)cc2nc(-c3cc4ccc(-c5cccc(C(F)F)c5F)nc4n3CC3CC3)n(C)c12. The molecule has 2 aromatic carbocycles. The molecule has 1 saturated heterocycles. The number of piperidine rings is 1. The first-order chi connectivity index (χ1) is 21.7.